The van der Waals surface area contributed by atoms with E-state index in [9.17, 15) is 29.3 Å². The van der Waals surface area contributed by atoms with Gasteiger partial charge in [0.1, 0.15) is 0 Å². The molecular formula is C35H15Cl6N3O6. The topological polar surface area (TPSA) is 118 Å². The van der Waals surface area contributed by atoms with E-state index in [1.807, 2.05) is 0 Å². The van der Waals surface area contributed by atoms with Gasteiger partial charge >= 0.3 is 0 Å². The van der Waals surface area contributed by atoms with Crippen molar-refractivity contribution in [2.24, 2.45) is 0 Å². The highest BCUT2D eigenvalue weighted by Crippen LogP contribution is 2.47. The molecule has 0 saturated heterocycles. The van der Waals surface area contributed by atoms with Crippen LogP contribution >= 0.6 is 69.6 Å². The maximum atomic E-state index is 13.6. The van der Waals surface area contributed by atoms with E-state index in [0.717, 1.165) is 9.80 Å². The first kappa shape index (κ1) is 34.0. The van der Waals surface area contributed by atoms with Gasteiger partial charge < -0.3 is 0 Å². The zero-order valence-corrected chi connectivity index (χ0v) is 29.3. The lowest BCUT2D eigenvalue weighted by atomic mass is 9.84. The van der Waals surface area contributed by atoms with E-state index < -0.39 is 34.5 Å². The van der Waals surface area contributed by atoms with Crippen LogP contribution in [0.15, 0.2) is 84.9 Å². The second-order valence-corrected chi connectivity index (χ2v) is 13.5. The van der Waals surface area contributed by atoms with Gasteiger partial charge in [0, 0.05) is 18.1 Å². The Morgan fingerprint density at radius 1 is 0.520 bits per heavy atom. The summed E-state index contributed by atoms with van der Waals surface area (Å²) in [6.45, 7) is 0. The number of halogens is 6. The van der Waals surface area contributed by atoms with Crippen LogP contribution in [-0.2, 0) is 0 Å². The summed E-state index contributed by atoms with van der Waals surface area (Å²) in [4.78, 5) is 67.3. The predicted octanol–water partition coefficient (Wildman–Crippen LogP) is 10.3. The number of hydrogen-bond donors (Lipinski definition) is 0. The molecule has 248 valence electrons. The molecule has 0 aromatic heterocycles. The second kappa shape index (κ2) is 12.7. The van der Waals surface area contributed by atoms with Crippen LogP contribution in [0.2, 0.25) is 30.1 Å². The van der Waals surface area contributed by atoms with Crippen molar-refractivity contribution in [2.45, 2.75) is 5.92 Å². The number of benzene rings is 5. The van der Waals surface area contributed by atoms with Gasteiger partial charge in [-0.25, -0.2) is 9.80 Å². The number of anilines is 2. The van der Waals surface area contributed by atoms with Crippen molar-refractivity contribution >= 4 is 110 Å². The van der Waals surface area contributed by atoms with Crippen LogP contribution in [-0.4, -0.2) is 28.6 Å². The van der Waals surface area contributed by atoms with E-state index in [1.54, 1.807) is 30.3 Å². The first-order valence-corrected chi connectivity index (χ1v) is 16.6. The third-order valence-electron chi connectivity index (χ3n) is 8.39. The Morgan fingerprint density at radius 3 is 1.24 bits per heavy atom. The van der Waals surface area contributed by atoms with Crippen molar-refractivity contribution in [3.8, 4) is 0 Å². The number of nitrogens with zero attached hydrogens (tertiary/aromatic N) is 3. The maximum absolute atomic E-state index is 13.6. The summed E-state index contributed by atoms with van der Waals surface area (Å²) in [7, 11) is 0. The normalized spacial score (nSPS) is 13.8. The van der Waals surface area contributed by atoms with Crippen molar-refractivity contribution in [2.75, 3.05) is 9.80 Å². The molecule has 0 atom stereocenters. The SMILES string of the molecule is O=C1c2cc(Cl)c(Cl)cc2C(=O)N1c1cccc(C(c2cccc([N+](=O)[O-])c2)c2cccc(N3C(=O)c4cc(Cl)c(Cl)cc4C3=O)c2Cl)c1Cl. The van der Waals surface area contributed by atoms with Gasteiger partial charge in [0.05, 0.1) is 68.7 Å². The van der Waals surface area contributed by atoms with E-state index >= 15 is 0 Å². The molecule has 0 bridgehead atoms. The van der Waals surface area contributed by atoms with Crippen LogP contribution in [0.4, 0.5) is 17.1 Å². The number of nitro benzene ring substituents is 1. The number of non-ortho nitro benzene ring substituents is 1. The molecule has 4 amide bonds. The zero-order valence-electron chi connectivity index (χ0n) is 24.7. The fourth-order valence-corrected chi connectivity index (χ4v) is 7.41. The molecule has 0 N–H and O–H groups in total. The lowest BCUT2D eigenvalue weighted by Gasteiger charge is -2.26. The molecule has 0 spiro atoms. The Balaban J connectivity index is 1.40. The van der Waals surface area contributed by atoms with Crippen molar-refractivity contribution in [1.29, 1.82) is 0 Å². The molecule has 0 saturated carbocycles. The van der Waals surface area contributed by atoms with Crippen molar-refractivity contribution < 1.29 is 24.1 Å². The number of rotatable bonds is 6. The molecule has 9 nitrogen and oxygen atoms in total. The minimum absolute atomic E-state index is 0.0134. The quantitative estimate of drug-likeness (QED) is 0.0732. The summed E-state index contributed by atoms with van der Waals surface area (Å²) >= 11 is 38.7. The molecule has 50 heavy (non-hydrogen) atoms. The monoisotopic (exact) mass is 783 g/mol. The first-order valence-electron chi connectivity index (χ1n) is 14.4. The molecule has 2 aliphatic rings. The fraction of sp³-hybridized carbons (Fsp3) is 0.0286. The lowest BCUT2D eigenvalue weighted by molar-refractivity contribution is -0.384. The summed E-state index contributed by atoms with van der Waals surface area (Å²) in [6.07, 6.45) is 0. The summed E-state index contributed by atoms with van der Waals surface area (Å²) in [5.41, 5.74) is 0.823. The van der Waals surface area contributed by atoms with E-state index in [2.05, 4.69) is 0 Å². The number of nitro groups is 1. The Morgan fingerprint density at radius 2 is 0.880 bits per heavy atom. The molecule has 2 heterocycles. The number of hydrogen-bond acceptors (Lipinski definition) is 6. The Kier molecular flexibility index (Phi) is 8.63. The number of amides is 4. The average Bonchev–Trinajstić information content (AvgIpc) is 3.46. The third-order valence-corrected chi connectivity index (χ3v) is 10.7. The van der Waals surface area contributed by atoms with E-state index in [0.29, 0.717) is 5.56 Å². The van der Waals surface area contributed by atoms with Gasteiger partial charge in [-0.2, -0.15) is 0 Å². The molecule has 5 aromatic rings. The van der Waals surface area contributed by atoms with Gasteiger partial charge in [-0.15, -0.1) is 0 Å². The van der Waals surface area contributed by atoms with Crippen LogP contribution in [0.25, 0.3) is 0 Å². The summed E-state index contributed by atoms with van der Waals surface area (Å²) in [6, 6.07) is 20.2. The van der Waals surface area contributed by atoms with Crippen LogP contribution in [0.3, 0.4) is 0 Å². The van der Waals surface area contributed by atoms with Gasteiger partial charge in [-0.1, -0.05) is 106 Å². The van der Waals surface area contributed by atoms with Crippen molar-refractivity contribution in [3.63, 3.8) is 0 Å². The standard InChI is InChI=1S/C35H15Cl6N3O6/c36-23-11-19-20(12-24(23)37)33(46)42(32(19)45)27-8-2-6-17(30(27)40)29(15-4-1-5-16(10-15)44(49)50)18-7-3-9-28(31(18)41)43-34(47)21-13-25(38)26(39)14-22(21)35(43)48/h1-14,29H. The Labute approximate surface area is 312 Å². The molecular weight excluding hydrogens is 771 g/mol. The van der Waals surface area contributed by atoms with Crippen LogP contribution in [0, 0.1) is 10.1 Å². The predicted molar refractivity (Wildman–Crippen MR) is 192 cm³/mol. The van der Waals surface area contributed by atoms with Gasteiger partial charge in [0.15, 0.2) is 0 Å². The third kappa shape index (κ3) is 5.33. The highest BCUT2D eigenvalue weighted by molar-refractivity contribution is 6.46. The fourth-order valence-electron chi connectivity index (χ4n) is 6.12. The minimum atomic E-state index is -0.993. The van der Waals surface area contributed by atoms with Crippen LogP contribution in [0.1, 0.15) is 64.0 Å². The smallest absolute Gasteiger partial charge is 0.268 e. The lowest BCUT2D eigenvalue weighted by Crippen LogP contribution is -2.30. The highest BCUT2D eigenvalue weighted by atomic mass is 35.5. The van der Waals surface area contributed by atoms with Crippen molar-refractivity contribution in [3.05, 3.63) is 164 Å². The summed E-state index contributed by atoms with van der Waals surface area (Å²) in [5, 5.41) is 12.1. The number of imide groups is 2. The largest absolute Gasteiger partial charge is 0.269 e. The molecule has 0 unspecified atom stereocenters. The maximum Gasteiger partial charge on any atom is 0.269 e. The second-order valence-electron chi connectivity index (χ2n) is 11.2. The first-order chi connectivity index (χ1) is 23.8. The molecule has 0 fully saturated rings. The molecule has 7 rings (SSSR count). The van der Waals surface area contributed by atoms with E-state index in [1.165, 1.54) is 54.6 Å². The van der Waals surface area contributed by atoms with Crippen LogP contribution in [0.5, 0.6) is 0 Å². The summed E-state index contributed by atoms with van der Waals surface area (Å²) in [5.74, 6) is -3.77. The zero-order chi connectivity index (χ0) is 35.8. The molecule has 15 heteroatoms. The number of fused-ring (bicyclic) bond motifs is 2. The molecule has 0 aliphatic carbocycles. The van der Waals surface area contributed by atoms with Gasteiger partial charge in [-0.05, 0) is 53.1 Å². The van der Waals surface area contributed by atoms with Gasteiger partial charge in [0.25, 0.3) is 29.3 Å². The Bertz CT molecular complexity index is 2180. The van der Waals surface area contributed by atoms with Gasteiger partial charge in [0.2, 0.25) is 0 Å². The van der Waals surface area contributed by atoms with E-state index in [4.69, 9.17) is 69.6 Å². The van der Waals surface area contributed by atoms with Gasteiger partial charge in [-0.3, -0.25) is 29.3 Å². The van der Waals surface area contributed by atoms with Crippen LogP contribution < -0.4 is 9.80 Å². The summed E-state index contributed by atoms with van der Waals surface area (Å²) < 4.78 is 0. The number of carbonyl (C=O) groups is 4. The molecule has 5 aromatic carbocycles. The average molecular weight is 786 g/mol. The Hall–Kier alpha value is -4.48. The minimum Gasteiger partial charge on any atom is -0.268 e. The number of carbonyl (C=O) groups excluding carboxylic acids is 4. The highest BCUT2D eigenvalue weighted by Gasteiger charge is 2.41. The molecule has 0 radical (unpaired) electrons. The van der Waals surface area contributed by atoms with Crippen molar-refractivity contribution in [1.82, 2.24) is 0 Å². The molecule has 2 aliphatic heterocycles. The van der Waals surface area contributed by atoms with E-state index in [-0.39, 0.29) is 80.6 Å².